The average molecular weight is 587 g/mol. The highest BCUT2D eigenvalue weighted by Gasteiger charge is 2.64. The van der Waals surface area contributed by atoms with Crippen molar-refractivity contribution in [2.24, 2.45) is 11.7 Å². The van der Waals surface area contributed by atoms with Crippen LogP contribution in [0.5, 0.6) is 0 Å². The Morgan fingerprint density at radius 1 is 1.13 bits per heavy atom. The fraction of sp³-hybridized carbons (Fsp3) is 0.667. The molecule has 2 fully saturated rings. The second-order valence-corrected chi connectivity index (χ2v) is 12.9. The summed E-state index contributed by atoms with van der Waals surface area (Å²) in [5.41, 5.74) is 5.71. The van der Waals surface area contributed by atoms with Crippen molar-refractivity contribution in [3.05, 3.63) is 29.3 Å². The van der Waals surface area contributed by atoms with Crippen LogP contribution in [0.3, 0.4) is 0 Å². The van der Waals surface area contributed by atoms with Gasteiger partial charge in [-0.25, -0.2) is 26.6 Å². The summed E-state index contributed by atoms with van der Waals surface area (Å²) in [7, 11) is -3.69. The number of imidazole rings is 1. The van der Waals surface area contributed by atoms with Gasteiger partial charge in [-0.3, -0.25) is 4.79 Å². The highest BCUT2D eigenvalue weighted by atomic mass is 32.2. The summed E-state index contributed by atoms with van der Waals surface area (Å²) in [5.74, 6) is -16.9. The average Bonchev–Trinajstić information content (AvgIpc) is 3.38. The summed E-state index contributed by atoms with van der Waals surface area (Å²) in [4.78, 5) is 20.4. The van der Waals surface area contributed by atoms with Crippen molar-refractivity contribution in [3.8, 4) is 0 Å². The van der Waals surface area contributed by atoms with Crippen LogP contribution < -0.4 is 5.73 Å². The maximum absolute atomic E-state index is 15.8. The van der Waals surface area contributed by atoms with Gasteiger partial charge in [0.2, 0.25) is 11.8 Å². The van der Waals surface area contributed by atoms with Gasteiger partial charge < -0.3 is 15.6 Å². The minimum absolute atomic E-state index is 0.117. The Kier molecular flexibility index (Phi) is 7.73. The van der Waals surface area contributed by atoms with E-state index in [2.05, 4.69) is 9.97 Å². The van der Waals surface area contributed by atoms with E-state index < -0.39 is 76.6 Å². The molecule has 1 aliphatic carbocycles. The van der Waals surface area contributed by atoms with Gasteiger partial charge in [0.05, 0.1) is 36.3 Å². The van der Waals surface area contributed by atoms with Gasteiger partial charge in [0.1, 0.15) is 21.2 Å². The van der Waals surface area contributed by atoms with E-state index in [4.69, 9.17) is 5.73 Å². The van der Waals surface area contributed by atoms with Crippen molar-refractivity contribution >= 4 is 26.8 Å². The number of carbonyl (C=O) groups is 1. The molecule has 1 aromatic carbocycles. The Balaban J connectivity index is 1.66. The molecule has 2 heterocycles. The number of likely N-dealkylation sites (tertiary alicyclic amines) is 1. The van der Waals surface area contributed by atoms with E-state index >= 15 is 4.39 Å². The first-order valence-electron chi connectivity index (χ1n) is 12.5. The lowest BCUT2D eigenvalue weighted by molar-refractivity contribution is -0.172. The molecule has 1 saturated carbocycles. The van der Waals surface area contributed by atoms with Gasteiger partial charge in [-0.15, -0.1) is 0 Å². The third-order valence-electron chi connectivity index (χ3n) is 7.68. The number of aromatic amines is 1. The number of nitrogens with one attached hydrogen (secondary N) is 1. The predicted octanol–water partition coefficient (Wildman–Crippen LogP) is 4.55. The monoisotopic (exact) mass is 586 g/mol. The normalized spacial score (nSPS) is 22.7. The predicted molar refractivity (Wildman–Crippen MR) is 128 cm³/mol. The Morgan fingerprint density at radius 3 is 2.28 bits per heavy atom. The van der Waals surface area contributed by atoms with Gasteiger partial charge >= 0.3 is 11.8 Å². The minimum atomic E-state index is -4.50. The number of fused-ring (bicyclic) bond motifs is 1. The molecular weight excluding hydrogens is 557 g/mol. The summed E-state index contributed by atoms with van der Waals surface area (Å²) in [6.45, 7) is -1.84. The zero-order valence-electron chi connectivity index (χ0n) is 21.0. The highest BCUT2D eigenvalue weighted by molar-refractivity contribution is 7.91. The maximum Gasteiger partial charge on any atom is 0.329 e. The van der Waals surface area contributed by atoms with Crippen LogP contribution in [0, 0.1) is 11.7 Å². The van der Waals surface area contributed by atoms with Crippen LogP contribution in [0.1, 0.15) is 62.4 Å². The van der Waals surface area contributed by atoms with Gasteiger partial charge in [-0.05, 0) is 31.2 Å². The van der Waals surface area contributed by atoms with Crippen molar-refractivity contribution in [2.75, 3.05) is 24.6 Å². The molecule has 1 saturated heterocycles. The van der Waals surface area contributed by atoms with Gasteiger partial charge in [0.25, 0.3) is 0 Å². The number of carbonyl (C=O) groups excluding carboxylic acids is 1. The lowest BCUT2D eigenvalue weighted by atomic mass is 9.82. The van der Waals surface area contributed by atoms with E-state index in [0.29, 0.717) is 0 Å². The molecule has 2 atom stereocenters. The summed E-state index contributed by atoms with van der Waals surface area (Å²) in [5, 5.41) is 0. The lowest BCUT2D eigenvalue weighted by Crippen LogP contribution is -2.38. The molecule has 15 heteroatoms. The van der Waals surface area contributed by atoms with Crippen LogP contribution in [0.25, 0.3) is 11.0 Å². The first kappa shape index (κ1) is 29.6. The van der Waals surface area contributed by atoms with Gasteiger partial charge in [0.15, 0.2) is 5.82 Å². The second-order valence-electron chi connectivity index (χ2n) is 10.4. The molecule has 1 aromatic heterocycles. The zero-order valence-corrected chi connectivity index (χ0v) is 21.8. The van der Waals surface area contributed by atoms with Crippen molar-refractivity contribution in [2.45, 2.75) is 68.8 Å². The van der Waals surface area contributed by atoms with Crippen molar-refractivity contribution in [1.29, 1.82) is 0 Å². The number of alkyl halides is 6. The van der Waals surface area contributed by atoms with Crippen LogP contribution in [0.15, 0.2) is 12.1 Å². The molecule has 4 rings (SSSR count). The maximum atomic E-state index is 15.8. The standard InChI is InChI=1S/C24H29F7N4O3S/c1-2-39(37,38)10-7-15(21(36)35-11-23(28,29)24(30,31)12-35)14-3-4-16-19(17(14)25)34-20(33-16)18(32)13-5-8-22(26,27)9-6-13/h3-4,13,15,18H,2,5-12,32H2,1H3,(H,33,34)/t15?,18-/m0/s1. The molecule has 1 unspecified atom stereocenters. The third kappa shape index (κ3) is 5.88. The number of sulfone groups is 1. The molecule has 1 amide bonds. The number of hydrogen-bond acceptors (Lipinski definition) is 5. The Labute approximate surface area is 220 Å². The number of aromatic nitrogens is 2. The van der Waals surface area contributed by atoms with E-state index in [-0.39, 0.29) is 64.7 Å². The summed E-state index contributed by atoms with van der Waals surface area (Å²) >= 11 is 0. The van der Waals surface area contributed by atoms with Crippen LogP contribution >= 0.6 is 0 Å². The van der Waals surface area contributed by atoms with Crippen molar-refractivity contribution in [3.63, 3.8) is 0 Å². The van der Waals surface area contributed by atoms with E-state index in [1.165, 1.54) is 13.0 Å². The Morgan fingerprint density at radius 2 is 1.72 bits per heavy atom. The smallest absolute Gasteiger partial charge is 0.329 e. The van der Waals surface area contributed by atoms with E-state index in [0.717, 1.165) is 6.07 Å². The number of benzene rings is 1. The SMILES string of the molecule is CCS(=O)(=O)CCC(C(=O)N1CC(F)(F)C(F)(F)C1)c1ccc2[nH]c([C@@H](N)C3CCC(F)(F)CC3)nc2c1F. The molecule has 1 aliphatic heterocycles. The highest BCUT2D eigenvalue weighted by Crippen LogP contribution is 2.43. The Hall–Kier alpha value is -2.42. The fourth-order valence-electron chi connectivity index (χ4n) is 5.15. The molecular formula is C24H29F7N4O3S. The third-order valence-corrected chi connectivity index (χ3v) is 9.42. The number of amides is 1. The zero-order chi connectivity index (χ0) is 29.0. The summed E-state index contributed by atoms with van der Waals surface area (Å²) in [6.07, 6.45) is -0.955. The molecule has 2 aromatic rings. The lowest BCUT2D eigenvalue weighted by Gasteiger charge is -2.31. The van der Waals surface area contributed by atoms with Crippen molar-refractivity contribution in [1.82, 2.24) is 14.9 Å². The van der Waals surface area contributed by atoms with Crippen LogP contribution in [0.4, 0.5) is 30.7 Å². The van der Waals surface area contributed by atoms with Gasteiger partial charge in [-0.2, -0.15) is 17.6 Å². The number of hydrogen-bond donors (Lipinski definition) is 2. The second kappa shape index (κ2) is 10.2. The van der Waals surface area contributed by atoms with Crippen LogP contribution in [-0.4, -0.2) is 71.6 Å². The van der Waals surface area contributed by atoms with E-state index in [9.17, 15) is 39.6 Å². The molecule has 3 N–H and O–H groups in total. The molecule has 7 nitrogen and oxygen atoms in total. The number of H-pyrrole nitrogens is 1. The Bertz CT molecular complexity index is 1320. The minimum Gasteiger partial charge on any atom is -0.341 e. The van der Waals surface area contributed by atoms with Crippen LogP contribution in [-0.2, 0) is 14.6 Å². The quantitative estimate of drug-likeness (QED) is 0.442. The fourth-order valence-corrected chi connectivity index (χ4v) is 6.03. The summed E-state index contributed by atoms with van der Waals surface area (Å²) in [6, 6.07) is 1.64. The van der Waals surface area contributed by atoms with Crippen molar-refractivity contribution < 1.29 is 43.9 Å². The largest absolute Gasteiger partial charge is 0.341 e. The van der Waals surface area contributed by atoms with E-state index in [1.54, 1.807) is 0 Å². The van der Waals surface area contributed by atoms with Gasteiger partial charge in [-0.1, -0.05) is 13.0 Å². The van der Waals surface area contributed by atoms with E-state index in [1.807, 2.05) is 0 Å². The molecule has 2 aliphatic rings. The molecule has 0 radical (unpaired) electrons. The topological polar surface area (TPSA) is 109 Å². The molecule has 0 spiro atoms. The van der Waals surface area contributed by atoms with Crippen LogP contribution in [0.2, 0.25) is 0 Å². The molecule has 39 heavy (non-hydrogen) atoms. The summed E-state index contributed by atoms with van der Waals surface area (Å²) < 4.78 is 122. The number of nitrogens with two attached hydrogens (primary N) is 1. The molecule has 218 valence electrons. The first-order chi connectivity index (χ1) is 18.0. The molecule has 0 bridgehead atoms. The number of rotatable bonds is 8. The number of halogens is 7. The van der Waals surface area contributed by atoms with Gasteiger partial charge in [0, 0.05) is 24.2 Å². The number of nitrogens with zero attached hydrogens (tertiary/aromatic N) is 2. The first-order valence-corrected chi connectivity index (χ1v) is 14.4.